The molecule has 0 unspecified atom stereocenters. The fourth-order valence-electron chi connectivity index (χ4n) is 3.44. The van der Waals surface area contributed by atoms with Gasteiger partial charge in [-0.25, -0.2) is 0 Å². The van der Waals surface area contributed by atoms with Gasteiger partial charge in [0, 0.05) is 11.6 Å². The SMILES string of the molecule is COc1cccc(OC)c1C(=C1C=CC=CC1=[O+]C)c1c(OC)cccc1OC. The Balaban J connectivity index is 2.52. The van der Waals surface area contributed by atoms with Crippen LogP contribution in [0.3, 0.4) is 0 Å². The Kier molecular flexibility index (Phi) is 6.39. The first-order valence-electron chi connectivity index (χ1n) is 9.13. The third-order valence-electron chi connectivity index (χ3n) is 4.73. The molecule has 0 saturated carbocycles. The highest BCUT2D eigenvalue weighted by Crippen LogP contribution is 2.46. The summed E-state index contributed by atoms with van der Waals surface area (Å²) in [5.41, 5.74) is 3.25. The fraction of sp³-hybridized carbons (Fsp3) is 0.208. The molecule has 0 aliphatic heterocycles. The van der Waals surface area contributed by atoms with E-state index in [9.17, 15) is 0 Å². The van der Waals surface area contributed by atoms with Crippen LogP contribution < -0.4 is 18.9 Å². The number of allylic oxidation sites excluding steroid dienone is 5. The van der Waals surface area contributed by atoms with E-state index in [0.717, 1.165) is 22.3 Å². The van der Waals surface area contributed by atoms with E-state index in [0.29, 0.717) is 28.8 Å². The predicted molar refractivity (Wildman–Crippen MR) is 114 cm³/mol. The number of carbonyl (C=O) groups excluding carboxylic acids is 1. The van der Waals surface area contributed by atoms with E-state index < -0.39 is 0 Å². The molecule has 29 heavy (non-hydrogen) atoms. The molecule has 0 bridgehead atoms. The van der Waals surface area contributed by atoms with Gasteiger partial charge in [-0.15, -0.1) is 0 Å². The average molecular weight is 393 g/mol. The molecule has 0 spiro atoms. The van der Waals surface area contributed by atoms with Gasteiger partial charge < -0.3 is 18.9 Å². The van der Waals surface area contributed by atoms with E-state index in [4.69, 9.17) is 23.4 Å². The van der Waals surface area contributed by atoms with E-state index in [1.165, 1.54) is 0 Å². The van der Waals surface area contributed by atoms with Crippen LogP contribution in [0.5, 0.6) is 23.0 Å². The van der Waals surface area contributed by atoms with Crippen LogP contribution in [0.2, 0.25) is 0 Å². The minimum Gasteiger partial charge on any atom is -0.496 e. The number of rotatable bonds is 6. The first kappa shape index (κ1) is 20.3. The standard InChI is InChI=1S/C24H25O5/c1-25-17-11-7-6-10-16(17)22(23-18(26-2)12-8-13-19(23)27-3)24-20(28-4)14-9-15-21(24)29-5/h6-15H,1-5H3/q+1. The summed E-state index contributed by atoms with van der Waals surface area (Å²) < 4.78 is 28.5. The summed E-state index contributed by atoms with van der Waals surface area (Å²) in [5.74, 6) is 3.37. The van der Waals surface area contributed by atoms with Crippen molar-refractivity contribution < 1.29 is 23.4 Å². The van der Waals surface area contributed by atoms with Crippen LogP contribution in [-0.4, -0.2) is 41.3 Å². The van der Waals surface area contributed by atoms with Crippen LogP contribution in [0.1, 0.15) is 11.1 Å². The van der Waals surface area contributed by atoms with E-state index >= 15 is 0 Å². The topological polar surface area (TPSA) is 48.2 Å². The molecular formula is C24H25O5+. The van der Waals surface area contributed by atoms with Crippen molar-refractivity contribution in [2.75, 3.05) is 35.5 Å². The summed E-state index contributed by atoms with van der Waals surface area (Å²) in [6.45, 7) is 0. The van der Waals surface area contributed by atoms with Crippen molar-refractivity contribution in [1.82, 2.24) is 0 Å². The van der Waals surface area contributed by atoms with Gasteiger partial charge in [0.05, 0.1) is 45.1 Å². The van der Waals surface area contributed by atoms with Crippen LogP contribution in [0.15, 0.2) is 66.3 Å². The van der Waals surface area contributed by atoms with Crippen LogP contribution in [0.25, 0.3) is 5.57 Å². The number of benzene rings is 2. The number of hydrogen-bond acceptors (Lipinski definition) is 4. The first-order chi connectivity index (χ1) is 14.2. The van der Waals surface area contributed by atoms with Crippen molar-refractivity contribution in [3.63, 3.8) is 0 Å². The molecule has 1 aliphatic rings. The molecule has 0 atom stereocenters. The molecule has 0 saturated heterocycles. The van der Waals surface area contributed by atoms with Crippen LogP contribution in [0, 0.1) is 0 Å². The highest BCUT2D eigenvalue weighted by atomic mass is 16.5. The largest absolute Gasteiger partial charge is 0.496 e. The van der Waals surface area contributed by atoms with Crippen LogP contribution >= 0.6 is 0 Å². The van der Waals surface area contributed by atoms with E-state index in [1.54, 1.807) is 35.5 Å². The van der Waals surface area contributed by atoms with Gasteiger partial charge in [-0.3, -0.25) is 4.42 Å². The fourth-order valence-corrected chi connectivity index (χ4v) is 3.44. The lowest BCUT2D eigenvalue weighted by Crippen LogP contribution is -2.10. The lowest BCUT2D eigenvalue weighted by Gasteiger charge is -2.21. The Hall–Kier alpha value is -3.47. The molecule has 3 rings (SSSR count). The normalized spacial score (nSPS) is 14.1. The lowest BCUT2D eigenvalue weighted by atomic mass is 9.87. The zero-order valence-electron chi connectivity index (χ0n) is 17.3. The minimum atomic E-state index is 0.665. The molecule has 0 amide bonds. The van der Waals surface area contributed by atoms with Crippen molar-refractivity contribution in [2.24, 2.45) is 0 Å². The van der Waals surface area contributed by atoms with E-state index in [1.807, 2.05) is 60.7 Å². The molecule has 5 nitrogen and oxygen atoms in total. The summed E-state index contributed by atoms with van der Waals surface area (Å²) in [6, 6.07) is 11.4. The molecule has 0 heterocycles. The molecule has 5 heteroatoms. The second kappa shape index (κ2) is 9.15. The summed E-state index contributed by atoms with van der Waals surface area (Å²) in [4.78, 5) is 0. The maximum atomic E-state index is 5.71. The van der Waals surface area contributed by atoms with Gasteiger partial charge in [0.1, 0.15) is 23.0 Å². The van der Waals surface area contributed by atoms with Crippen molar-refractivity contribution >= 4 is 11.4 Å². The predicted octanol–water partition coefficient (Wildman–Crippen LogP) is 4.38. The Morgan fingerprint density at radius 1 is 0.655 bits per heavy atom. The smallest absolute Gasteiger partial charge is 0.350 e. The number of methoxy groups -OCH3 is 4. The first-order valence-corrected chi connectivity index (χ1v) is 9.13. The molecule has 0 N–H and O–H groups in total. The third kappa shape index (κ3) is 3.76. The van der Waals surface area contributed by atoms with Crippen LogP contribution in [-0.2, 0) is 4.42 Å². The number of ketones is 1. The Morgan fingerprint density at radius 2 is 1.07 bits per heavy atom. The number of ether oxygens (including phenoxy) is 4. The molecular weight excluding hydrogens is 368 g/mol. The molecule has 2 aromatic carbocycles. The van der Waals surface area contributed by atoms with Crippen LogP contribution in [0.4, 0.5) is 0 Å². The summed E-state index contributed by atoms with van der Waals surface area (Å²) in [7, 11) is 8.19. The molecule has 0 radical (unpaired) electrons. The Labute approximate surface area is 171 Å². The van der Waals surface area contributed by atoms with E-state index in [-0.39, 0.29) is 0 Å². The summed E-state index contributed by atoms with van der Waals surface area (Å²) in [5, 5.41) is 0. The van der Waals surface area contributed by atoms with Crippen molar-refractivity contribution in [3.05, 3.63) is 77.4 Å². The van der Waals surface area contributed by atoms with Crippen molar-refractivity contribution in [2.45, 2.75) is 0 Å². The highest BCUT2D eigenvalue weighted by Gasteiger charge is 2.30. The maximum Gasteiger partial charge on any atom is 0.350 e. The van der Waals surface area contributed by atoms with Gasteiger partial charge >= 0.3 is 5.78 Å². The Morgan fingerprint density at radius 3 is 1.45 bits per heavy atom. The van der Waals surface area contributed by atoms with Gasteiger partial charge in [0.25, 0.3) is 7.11 Å². The third-order valence-corrected chi connectivity index (χ3v) is 4.73. The molecule has 1 aliphatic carbocycles. The monoisotopic (exact) mass is 393 g/mol. The van der Waals surface area contributed by atoms with Gasteiger partial charge in [0.2, 0.25) is 0 Å². The minimum absolute atomic E-state index is 0.665. The molecule has 0 aromatic heterocycles. The second-order valence-electron chi connectivity index (χ2n) is 6.15. The number of hydrogen-bond donors (Lipinski definition) is 0. The lowest BCUT2D eigenvalue weighted by molar-refractivity contribution is -0.418. The zero-order chi connectivity index (χ0) is 20.8. The molecule has 0 fully saturated rings. The van der Waals surface area contributed by atoms with Gasteiger partial charge in [-0.05, 0) is 30.3 Å². The maximum absolute atomic E-state index is 5.71. The van der Waals surface area contributed by atoms with E-state index in [2.05, 4.69) is 0 Å². The molecule has 2 aromatic rings. The van der Waals surface area contributed by atoms with Gasteiger partial charge in [-0.2, -0.15) is 0 Å². The highest BCUT2D eigenvalue weighted by molar-refractivity contribution is 6.16. The quantitative estimate of drug-likeness (QED) is 0.540. The average Bonchev–Trinajstić information content (AvgIpc) is 2.79. The van der Waals surface area contributed by atoms with Gasteiger partial charge in [-0.1, -0.05) is 24.3 Å². The Bertz CT molecular complexity index is 910. The van der Waals surface area contributed by atoms with Crippen molar-refractivity contribution in [1.29, 1.82) is 0 Å². The second-order valence-corrected chi connectivity index (χ2v) is 6.15. The molecule has 150 valence electrons. The zero-order valence-corrected chi connectivity index (χ0v) is 17.3. The summed E-state index contributed by atoms with van der Waals surface area (Å²) >= 11 is 0. The van der Waals surface area contributed by atoms with Gasteiger partial charge in [0.15, 0.2) is 0 Å². The summed E-state index contributed by atoms with van der Waals surface area (Å²) in [6.07, 6.45) is 7.80. The van der Waals surface area contributed by atoms with Crippen molar-refractivity contribution in [3.8, 4) is 23.0 Å².